The molecule has 2 rings (SSSR count). The summed E-state index contributed by atoms with van der Waals surface area (Å²) in [6.45, 7) is 7.68. The third kappa shape index (κ3) is 5.91. The van der Waals surface area contributed by atoms with Crippen molar-refractivity contribution in [2.45, 2.75) is 33.7 Å². The SMILES string of the molecule is CCOc1ccc(C(=O)NCC(=O)NCCCn2nc(C)cc2C)cc1. The summed E-state index contributed by atoms with van der Waals surface area (Å²) in [7, 11) is 0. The highest BCUT2D eigenvalue weighted by Crippen LogP contribution is 2.11. The van der Waals surface area contributed by atoms with Crippen molar-refractivity contribution < 1.29 is 14.3 Å². The van der Waals surface area contributed by atoms with Crippen LogP contribution in [0, 0.1) is 13.8 Å². The zero-order chi connectivity index (χ0) is 18.9. The molecule has 0 aliphatic rings. The topological polar surface area (TPSA) is 85.2 Å². The van der Waals surface area contributed by atoms with E-state index in [1.807, 2.05) is 31.5 Å². The molecule has 26 heavy (non-hydrogen) atoms. The average Bonchev–Trinajstić information content (AvgIpc) is 2.95. The molecule has 2 N–H and O–H groups in total. The van der Waals surface area contributed by atoms with Crippen molar-refractivity contribution in [3.8, 4) is 5.75 Å². The van der Waals surface area contributed by atoms with Gasteiger partial charge in [-0.3, -0.25) is 14.3 Å². The molecule has 1 aromatic heterocycles. The number of amides is 2. The van der Waals surface area contributed by atoms with E-state index in [0.29, 0.717) is 24.5 Å². The van der Waals surface area contributed by atoms with Crippen LogP contribution in [-0.2, 0) is 11.3 Å². The van der Waals surface area contributed by atoms with E-state index in [2.05, 4.69) is 15.7 Å². The lowest BCUT2D eigenvalue weighted by molar-refractivity contribution is -0.120. The normalized spacial score (nSPS) is 10.4. The van der Waals surface area contributed by atoms with Crippen LogP contribution in [-0.4, -0.2) is 41.3 Å². The molecule has 0 radical (unpaired) electrons. The maximum absolute atomic E-state index is 12.0. The van der Waals surface area contributed by atoms with E-state index < -0.39 is 0 Å². The lowest BCUT2D eigenvalue weighted by Crippen LogP contribution is -2.37. The van der Waals surface area contributed by atoms with Crippen LogP contribution in [0.5, 0.6) is 5.75 Å². The second-order valence-electron chi connectivity index (χ2n) is 5.99. The number of aromatic nitrogens is 2. The van der Waals surface area contributed by atoms with Gasteiger partial charge in [0.1, 0.15) is 5.75 Å². The molecule has 0 saturated heterocycles. The Labute approximate surface area is 153 Å². The fraction of sp³-hybridized carbons (Fsp3) is 0.421. The Balaban J connectivity index is 1.66. The van der Waals surface area contributed by atoms with Gasteiger partial charge in [0, 0.05) is 24.3 Å². The van der Waals surface area contributed by atoms with Crippen LogP contribution < -0.4 is 15.4 Å². The molecular formula is C19H26N4O3. The molecule has 0 saturated carbocycles. The van der Waals surface area contributed by atoms with Gasteiger partial charge in [-0.15, -0.1) is 0 Å². The summed E-state index contributed by atoms with van der Waals surface area (Å²) in [6, 6.07) is 8.84. The second-order valence-corrected chi connectivity index (χ2v) is 5.99. The maximum Gasteiger partial charge on any atom is 0.251 e. The van der Waals surface area contributed by atoms with Crippen molar-refractivity contribution in [2.75, 3.05) is 19.7 Å². The van der Waals surface area contributed by atoms with E-state index in [1.165, 1.54) is 0 Å². The minimum Gasteiger partial charge on any atom is -0.494 e. The largest absolute Gasteiger partial charge is 0.494 e. The van der Waals surface area contributed by atoms with Crippen molar-refractivity contribution >= 4 is 11.8 Å². The summed E-state index contributed by atoms with van der Waals surface area (Å²) in [4.78, 5) is 23.9. The Morgan fingerprint density at radius 3 is 2.50 bits per heavy atom. The molecule has 0 aliphatic heterocycles. The van der Waals surface area contributed by atoms with Crippen LogP contribution in [0.4, 0.5) is 0 Å². The summed E-state index contributed by atoms with van der Waals surface area (Å²) in [5.41, 5.74) is 2.59. The Morgan fingerprint density at radius 2 is 1.88 bits per heavy atom. The Morgan fingerprint density at radius 1 is 1.15 bits per heavy atom. The molecule has 7 heteroatoms. The highest BCUT2D eigenvalue weighted by molar-refractivity contribution is 5.96. The highest BCUT2D eigenvalue weighted by Gasteiger charge is 2.08. The minimum atomic E-state index is -0.286. The minimum absolute atomic E-state index is 0.0497. The van der Waals surface area contributed by atoms with Crippen LogP contribution >= 0.6 is 0 Å². The number of benzene rings is 1. The standard InChI is InChI=1S/C19H26N4O3/c1-4-26-17-8-6-16(7-9-17)19(25)21-13-18(24)20-10-5-11-23-15(3)12-14(2)22-23/h6-9,12H,4-5,10-11,13H2,1-3H3,(H,20,24)(H,21,25). The summed E-state index contributed by atoms with van der Waals surface area (Å²) >= 11 is 0. The van der Waals surface area contributed by atoms with Crippen molar-refractivity contribution in [1.29, 1.82) is 0 Å². The zero-order valence-electron chi connectivity index (χ0n) is 15.5. The van der Waals surface area contributed by atoms with Crippen LogP contribution in [0.1, 0.15) is 35.1 Å². The van der Waals surface area contributed by atoms with Gasteiger partial charge in [0.2, 0.25) is 5.91 Å². The van der Waals surface area contributed by atoms with Crippen molar-refractivity contribution in [1.82, 2.24) is 20.4 Å². The van der Waals surface area contributed by atoms with E-state index in [0.717, 1.165) is 24.4 Å². The molecular weight excluding hydrogens is 332 g/mol. The van der Waals surface area contributed by atoms with E-state index >= 15 is 0 Å². The summed E-state index contributed by atoms with van der Waals surface area (Å²) in [5.74, 6) is 0.216. The van der Waals surface area contributed by atoms with Gasteiger partial charge < -0.3 is 15.4 Å². The number of aryl methyl sites for hydroxylation is 3. The number of ether oxygens (including phenoxy) is 1. The fourth-order valence-corrected chi connectivity index (χ4v) is 2.55. The first-order valence-corrected chi connectivity index (χ1v) is 8.78. The van der Waals surface area contributed by atoms with Crippen LogP contribution in [0.3, 0.4) is 0 Å². The van der Waals surface area contributed by atoms with Gasteiger partial charge in [-0.25, -0.2) is 0 Å². The first kappa shape index (κ1) is 19.5. The van der Waals surface area contributed by atoms with Crippen molar-refractivity contribution in [2.24, 2.45) is 0 Å². The molecule has 0 atom stereocenters. The first-order valence-electron chi connectivity index (χ1n) is 8.78. The van der Waals surface area contributed by atoms with Gasteiger partial charge >= 0.3 is 0 Å². The zero-order valence-corrected chi connectivity index (χ0v) is 15.5. The Hall–Kier alpha value is -2.83. The van der Waals surface area contributed by atoms with Gasteiger partial charge in [-0.05, 0) is 57.5 Å². The van der Waals surface area contributed by atoms with Gasteiger partial charge in [0.15, 0.2) is 0 Å². The van der Waals surface area contributed by atoms with Crippen molar-refractivity contribution in [3.63, 3.8) is 0 Å². The quantitative estimate of drug-likeness (QED) is 0.670. The lowest BCUT2D eigenvalue weighted by atomic mass is 10.2. The van der Waals surface area contributed by atoms with Crippen LogP contribution in [0.2, 0.25) is 0 Å². The summed E-state index contributed by atoms with van der Waals surface area (Å²) in [5, 5.41) is 9.78. The van der Waals surface area contributed by atoms with Crippen molar-refractivity contribution in [3.05, 3.63) is 47.3 Å². The van der Waals surface area contributed by atoms with Crippen LogP contribution in [0.25, 0.3) is 0 Å². The third-order valence-corrected chi connectivity index (χ3v) is 3.81. The summed E-state index contributed by atoms with van der Waals surface area (Å²) < 4.78 is 7.26. The molecule has 0 bridgehead atoms. The molecule has 0 aliphatic carbocycles. The van der Waals surface area contributed by atoms with Gasteiger partial charge in [-0.2, -0.15) is 5.10 Å². The number of nitrogens with one attached hydrogen (secondary N) is 2. The average molecular weight is 358 g/mol. The molecule has 0 fully saturated rings. The number of carbonyl (C=O) groups is 2. The molecule has 1 aromatic carbocycles. The monoisotopic (exact) mass is 358 g/mol. The lowest BCUT2D eigenvalue weighted by Gasteiger charge is -2.08. The number of hydrogen-bond donors (Lipinski definition) is 2. The summed E-state index contributed by atoms with van der Waals surface area (Å²) in [6.07, 6.45) is 0.778. The number of hydrogen-bond acceptors (Lipinski definition) is 4. The Bertz CT molecular complexity index is 738. The maximum atomic E-state index is 12.0. The molecule has 1 heterocycles. The van der Waals surface area contributed by atoms with E-state index in [-0.39, 0.29) is 18.4 Å². The number of carbonyl (C=O) groups excluding carboxylic acids is 2. The predicted octanol–water partition coefficient (Wildman–Crippen LogP) is 1.83. The molecule has 0 unspecified atom stereocenters. The number of nitrogens with zero attached hydrogens (tertiary/aromatic N) is 2. The van der Waals surface area contributed by atoms with E-state index in [1.54, 1.807) is 24.3 Å². The molecule has 0 spiro atoms. The highest BCUT2D eigenvalue weighted by atomic mass is 16.5. The smallest absolute Gasteiger partial charge is 0.251 e. The fourth-order valence-electron chi connectivity index (χ4n) is 2.55. The van der Waals surface area contributed by atoms with Gasteiger partial charge in [-0.1, -0.05) is 0 Å². The third-order valence-electron chi connectivity index (χ3n) is 3.81. The van der Waals surface area contributed by atoms with E-state index in [4.69, 9.17) is 4.74 Å². The molecule has 2 amide bonds. The molecule has 7 nitrogen and oxygen atoms in total. The Kier molecular flexibility index (Phi) is 7.20. The molecule has 2 aromatic rings. The van der Waals surface area contributed by atoms with Crippen LogP contribution in [0.15, 0.2) is 30.3 Å². The van der Waals surface area contributed by atoms with Gasteiger partial charge in [0.25, 0.3) is 5.91 Å². The number of rotatable bonds is 9. The van der Waals surface area contributed by atoms with Gasteiger partial charge in [0.05, 0.1) is 18.8 Å². The molecule has 140 valence electrons. The predicted molar refractivity (Wildman–Crippen MR) is 99.3 cm³/mol. The first-order chi connectivity index (χ1) is 12.5. The van der Waals surface area contributed by atoms with E-state index in [9.17, 15) is 9.59 Å². The second kappa shape index (κ2) is 9.60.